The van der Waals surface area contributed by atoms with E-state index in [0.717, 1.165) is 12.0 Å². The van der Waals surface area contributed by atoms with Crippen molar-refractivity contribution in [3.05, 3.63) is 65.5 Å². The van der Waals surface area contributed by atoms with Gasteiger partial charge >= 0.3 is 5.97 Å². The molecule has 0 aliphatic heterocycles. The van der Waals surface area contributed by atoms with Crippen LogP contribution in [0.3, 0.4) is 0 Å². The van der Waals surface area contributed by atoms with E-state index in [0.29, 0.717) is 11.3 Å². The van der Waals surface area contributed by atoms with Gasteiger partial charge in [0.1, 0.15) is 11.6 Å². The molecule has 0 aliphatic carbocycles. The molecule has 0 saturated heterocycles. The Hall–Kier alpha value is -2.36. The van der Waals surface area contributed by atoms with Crippen molar-refractivity contribution < 1.29 is 19.0 Å². The van der Waals surface area contributed by atoms with Crippen LogP contribution >= 0.6 is 0 Å². The largest absolute Gasteiger partial charge is 0.478 e. The molecule has 104 valence electrons. The molecular formula is C16H15FO3. The molecule has 1 N–H and O–H groups in total. The Morgan fingerprint density at radius 3 is 2.25 bits per heavy atom. The third-order valence-corrected chi connectivity index (χ3v) is 2.98. The summed E-state index contributed by atoms with van der Waals surface area (Å²) in [5.74, 6) is -1.06. The van der Waals surface area contributed by atoms with Crippen molar-refractivity contribution in [1.29, 1.82) is 0 Å². The number of hydrogen-bond donors (Lipinski definition) is 1. The number of rotatable bonds is 5. The lowest BCUT2D eigenvalue weighted by atomic mass is 10.1. The molecule has 4 heteroatoms. The Morgan fingerprint density at radius 2 is 1.75 bits per heavy atom. The van der Waals surface area contributed by atoms with Gasteiger partial charge in [0, 0.05) is 5.56 Å². The molecule has 0 aromatic heterocycles. The third-order valence-electron chi connectivity index (χ3n) is 2.98. The molecular weight excluding hydrogens is 259 g/mol. The summed E-state index contributed by atoms with van der Waals surface area (Å²) in [6, 6.07) is 12.5. The summed E-state index contributed by atoms with van der Waals surface area (Å²) in [6.07, 6.45) is -0.247. The van der Waals surface area contributed by atoms with E-state index in [1.165, 1.54) is 24.3 Å². The first-order chi connectivity index (χ1) is 9.60. The Kier molecular flexibility index (Phi) is 4.35. The van der Waals surface area contributed by atoms with Crippen LogP contribution in [0.15, 0.2) is 48.5 Å². The number of halogens is 1. The van der Waals surface area contributed by atoms with Gasteiger partial charge < -0.3 is 9.84 Å². The summed E-state index contributed by atoms with van der Waals surface area (Å²) in [5, 5.41) is 9.24. The van der Waals surface area contributed by atoms with Gasteiger partial charge in [-0.1, -0.05) is 31.2 Å². The SMILES string of the molecule is CCc1ccc(OC(C(=O)O)c2ccc(F)cc2)cc1. The number of carboxylic acids is 1. The van der Waals surface area contributed by atoms with E-state index in [2.05, 4.69) is 0 Å². The average molecular weight is 274 g/mol. The van der Waals surface area contributed by atoms with Gasteiger partial charge in [-0.2, -0.15) is 0 Å². The van der Waals surface area contributed by atoms with E-state index in [4.69, 9.17) is 4.74 Å². The van der Waals surface area contributed by atoms with E-state index in [1.807, 2.05) is 19.1 Å². The molecule has 0 bridgehead atoms. The van der Waals surface area contributed by atoms with Crippen molar-refractivity contribution >= 4 is 5.97 Å². The monoisotopic (exact) mass is 274 g/mol. The molecule has 2 aromatic rings. The Balaban J connectivity index is 2.20. The minimum atomic E-state index is -1.15. The zero-order chi connectivity index (χ0) is 14.5. The van der Waals surface area contributed by atoms with Gasteiger partial charge in [0.25, 0.3) is 0 Å². The first kappa shape index (κ1) is 14.1. The van der Waals surface area contributed by atoms with Crippen molar-refractivity contribution in [2.75, 3.05) is 0 Å². The predicted molar refractivity (Wildman–Crippen MR) is 73.2 cm³/mol. The van der Waals surface area contributed by atoms with Crippen molar-refractivity contribution in [2.24, 2.45) is 0 Å². The molecule has 0 fully saturated rings. The van der Waals surface area contributed by atoms with Crippen LogP contribution in [0.2, 0.25) is 0 Å². The van der Waals surface area contributed by atoms with Crippen molar-refractivity contribution in [3.63, 3.8) is 0 Å². The van der Waals surface area contributed by atoms with Gasteiger partial charge in [-0.05, 0) is 36.2 Å². The maximum absolute atomic E-state index is 12.9. The van der Waals surface area contributed by atoms with Crippen LogP contribution in [0.4, 0.5) is 4.39 Å². The molecule has 0 amide bonds. The highest BCUT2D eigenvalue weighted by atomic mass is 19.1. The van der Waals surface area contributed by atoms with E-state index in [1.54, 1.807) is 12.1 Å². The van der Waals surface area contributed by atoms with Gasteiger partial charge in [-0.25, -0.2) is 9.18 Å². The normalized spacial score (nSPS) is 11.9. The van der Waals surface area contributed by atoms with Crippen LogP contribution < -0.4 is 4.74 Å². The van der Waals surface area contributed by atoms with Crippen molar-refractivity contribution in [1.82, 2.24) is 0 Å². The number of carboxylic acid groups (broad SMARTS) is 1. The van der Waals surface area contributed by atoms with Gasteiger partial charge in [0.15, 0.2) is 0 Å². The topological polar surface area (TPSA) is 46.5 Å². The number of ether oxygens (including phenoxy) is 1. The fraction of sp³-hybridized carbons (Fsp3) is 0.188. The van der Waals surface area contributed by atoms with E-state index < -0.39 is 17.9 Å². The van der Waals surface area contributed by atoms with Crippen LogP contribution in [0.1, 0.15) is 24.2 Å². The van der Waals surface area contributed by atoms with Crippen LogP contribution in [0, 0.1) is 5.82 Å². The number of benzene rings is 2. The summed E-state index contributed by atoms with van der Waals surface area (Å²) in [6.45, 7) is 2.04. The Morgan fingerprint density at radius 1 is 1.15 bits per heavy atom. The standard InChI is InChI=1S/C16H15FO3/c1-2-11-3-9-14(10-4-11)20-15(16(18)19)12-5-7-13(17)8-6-12/h3-10,15H,2H2,1H3,(H,18,19). The maximum Gasteiger partial charge on any atom is 0.349 e. The van der Waals surface area contributed by atoms with Gasteiger partial charge in [-0.3, -0.25) is 0 Å². The quantitative estimate of drug-likeness (QED) is 0.906. The number of aliphatic carboxylic acids is 1. The number of aryl methyl sites for hydroxylation is 1. The molecule has 20 heavy (non-hydrogen) atoms. The molecule has 1 atom stereocenters. The fourth-order valence-electron chi connectivity index (χ4n) is 1.84. The summed E-state index contributed by atoms with van der Waals surface area (Å²) >= 11 is 0. The zero-order valence-corrected chi connectivity index (χ0v) is 11.0. The summed E-state index contributed by atoms with van der Waals surface area (Å²) < 4.78 is 18.4. The second-order valence-electron chi connectivity index (χ2n) is 4.39. The van der Waals surface area contributed by atoms with Crippen molar-refractivity contribution in [2.45, 2.75) is 19.4 Å². The highest BCUT2D eigenvalue weighted by Gasteiger charge is 2.21. The first-order valence-electron chi connectivity index (χ1n) is 6.34. The molecule has 3 nitrogen and oxygen atoms in total. The van der Waals surface area contributed by atoms with Crippen LogP contribution in [-0.4, -0.2) is 11.1 Å². The average Bonchev–Trinajstić information content (AvgIpc) is 2.46. The van der Waals surface area contributed by atoms with Gasteiger partial charge in [-0.15, -0.1) is 0 Å². The molecule has 1 unspecified atom stereocenters. The van der Waals surface area contributed by atoms with Gasteiger partial charge in [0.05, 0.1) is 0 Å². The minimum absolute atomic E-state index is 0.401. The molecule has 0 spiro atoms. The van der Waals surface area contributed by atoms with Crippen LogP contribution in [0.5, 0.6) is 5.75 Å². The van der Waals surface area contributed by atoms with Crippen LogP contribution in [0.25, 0.3) is 0 Å². The Labute approximate surface area is 116 Å². The second-order valence-corrected chi connectivity index (χ2v) is 4.39. The lowest BCUT2D eigenvalue weighted by molar-refractivity contribution is -0.145. The molecule has 2 aromatic carbocycles. The van der Waals surface area contributed by atoms with E-state index >= 15 is 0 Å². The van der Waals surface area contributed by atoms with E-state index in [-0.39, 0.29) is 0 Å². The molecule has 0 aliphatic rings. The summed E-state index contributed by atoms with van der Waals surface area (Å²) in [5.41, 5.74) is 1.55. The number of carbonyl (C=O) groups is 1. The highest BCUT2D eigenvalue weighted by molar-refractivity contribution is 5.74. The number of hydrogen-bond acceptors (Lipinski definition) is 2. The molecule has 2 rings (SSSR count). The highest BCUT2D eigenvalue weighted by Crippen LogP contribution is 2.23. The summed E-state index contributed by atoms with van der Waals surface area (Å²) in [4.78, 5) is 11.3. The van der Waals surface area contributed by atoms with Crippen LogP contribution in [-0.2, 0) is 11.2 Å². The third kappa shape index (κ3) is 3.35. The maximum atomic E-state index is 12.9. The predicted octanol–water partition coefficient (Wildman–Crippen LogP) is 3.59. The minimum Gasteiger partial charge on any atom is -0.478 e. The lowest BCUT2D eigenvalue weighted by Crippen LogP contribution is -2.18. The smallest absolute Gasteiger partial charge is 0.349 e. The first-order valence-corrected chi connectivity index (χ1v) is 6.34. The van der Waals surface area contributed by atoms with Gasteiger partial charge in [0.2, 0.25) is 6.10 Å². The lowest BCUT2D eigenvalue weighted by Gasteiger charge is -2.15. The molecule has 0 radical (unpaired) electrons. The molecule has 0 heterocycles. The molecule has 0 saturated carbocycles. The summed E-state index contributed by atoms with van der Waals surface area (Å²) in [7, 11) is 0. The zero-order valence-electron chi connectivity index (χ0n) is 11.0. The van der Waals surface area contributed by atoms with E-state index in [9.17, 15) is 14.3 Å². The second kappa shape index (κ2) is 6.19. The Bertz CT molecular complexity index is 576. The van der Waals surface area contributed by atoms with Crippen molar-refractivity contribution in [3.8, 4) is 5.75 Å². The fourth-order valence-corrected chi connectivity index (χ4v) is 1.84.